The maximum Gasteiger partial charge on any atom is 0.150 e. The minimum atomic E-state index is 0.457. The molecule has 0 radical (unpaired) electrons. The molecule has 1 aromatic heterocycles. The summed E-state index contributed by atoms with van der Waals surface area (Å²) >= 11 is 0. The van der Waals surface area contributed by atoms with E-state index in [1.165, 1.54) is 63.0 Å². The third-order valence-corrected chi connectivity index (χ3v) is 5.35. The van der Waals surface area contributed by atoms with E-state index in [-0.39, 0.29) is 0 Å². The van der Waals surface area contributed by atoms with Gasteiger partial charge in [-0.15, -0.1) is 10.2 Å². The van der Waals surface area contributed by atoms with Crippen LogP contribution in [-0.4, -0.2) is 20.8 Å². The molecule has 104 valence electrons. The number of aromatic nitrogens is 3. The molecule has 3 aliphatic rings. The Kier molecular flexibility index (Phi) is 3.06. The Morgan fingerprint density at radius 2 is 1.89 bits per heavy atom. The van der Waals surface area contributed by atoms with Crippen LogP contribution in [0.3, 0.4) is 0 Å². The van der Waals surface area contributed by atoms with Crippen LogP contribution in [0.15, 0.2) is 0 Å². The summed E-state index contributed by atoms with van der Waals surface area (Å²) in [6, 6.07) is 1.20. The van der Waals surface area contributed by atoms with E-state index in [0.717, 1.165) is 24.9 Å². The molecule has 2 fully saturated rings. The van der Waals surface area contributed by atoms with Crippen molar-refractivity contribution < 1.29 is 0 Å². The molecule has 1 aliphatic carbocycles. The average molecular weight is 260 g/mol. The highest BCUT2D eigenvalue weighted by molar-refractivity contribution is 5.06. The molecule has 0 bridgehead atoms. The average Bonchev–Trinajstić information content (AvgIpc) is 2.91. The lowest BCUT2D eigenvalue weighted by atomic mass is 9.77. The van der Waals surface area contributed by atoms with Gasteiger partial charge in [-0.2, -0.15) is 0 Å². The van der Waals surface area contributed by atoms with Crippen LogP contribution in [0.5, 0.6) is 0 Å². The highest BCUT2D eigenvalue weighted by atomic mass is 15.3. The van der Waals surface area contributed by atoms with Crippen LogP contribution in [0.4, 0.5) is 0 Å². The fourth-order valence-electron chi connectivity index (χ4n) is 4.29. The number of rotatable bonds is 1. The lowest BCUT2D eigenvalue weighted by molar-refractivity contribution is 0.171. The first-order valence-corrected chi connectivity index (χ1v) is 8.10. The van der Waals surface area contributed by atoms with Crippen molar-refractivity contribution in [2.45, 2.75) is 76.4 Å². The van der Waals surface area contributed by atoms with Crippen LogP contribution in [0.25, 0.3) is 0 Å². The molecule has 1 aromatic rings. The number of fused-ring (bicyclic) bond motifs is 2. The molecule has 19 heavy (non-hydrogen) atoms. The van der Waals surface area contributed by atoms with E-state index in [1.54, 1.807) is 0 Å². The Morgan fingerprint density at radius 3 is 2.89 bits per heavy atom. The molecule has 1 saturated carbocycles. The molecule has 4 nitrogen and oxygen atoms in total. The van der Waals surface area contributed by atoms with E-state index in [0.29, 0.717) is 6.04 Å². The van der Waals surface area contributed by atoms with Crippen LogP contribution in [0.2, 0.25) is 0 Å². The number of nitrogens with zero attached hydrogens (tertiary/aromatic N) is 3. The summed E-state index contributed by atoms with van der Waals surface area (Å²) in [5, 5.41) is 12.8. The highest BCUT2D eigenvalue weighted by Crippen LogP contribution is 2.36. The van der Waals surface area contributed by atoms with Crippen LogP contribution in [0.1, 0.15) is 69.1 Å². The number of aryl methyl sites for hydroxylation is 1. The Morgan fingerprint density at radius 1 is 0.947 bits per heavy atom. The first-order chi connectivity index (χ1) is 9.42. The Labute approximate surface area is 115 Å². The second-order valence-corrected chi connectivity index (χ2v) is 6.53. The first-order valence-electron chi connectivity index (χ1n) is 8.10. The van der Waals surface area contributed by atoms with Gasteiger partial charge < -0.3 is 9.88 Å². The normalized spacial score (nSPS) is 34.6. The zero-order valence-corrected chi connectivity index (χ0v) is 11.6. The molecule has 0 spiro atoms. The molecule has 1 N–H and O–H groups in total. The molecule has 0 aromatic carbocycles. The van der Waals surface area contributed by atoms with Gasteiger partial charge in [0.2, 0.25) is 0 Å². The van der Waals surface area contributed by atoms with Crippen molar-refractivity contribution in [3.63, 3.8) is 0 Å². The summed E-state index contributed by atoms with van der Waals surface area (Å²) in [6.45, 7) is 1.13. The van der Waals surface area contributed by atoms with Gasteiger partial charge in [-0.3, -0.25) is 0 Å². The van der Waals surface area contributed by atoms with Crippen LogP contribution in [-0.2, 0) is 13.0 Å². The Balaban J connectivity index is 1.54. The van der Waals surface area contributed by atoms with Crippen LogP contribution >= 0.6 is 0 Å². The number of piperidine rings is 1. The van der Waals surface area contributed by atoms with Crippen molar-refractivity contribution in [1.82, 2.24) is 20.1 Å². The van der Waals surface area contributed by atoms with Crippen molar-refractivity contribution >= 4 is 0 Å². The van der Waals surface area contributed by atoms with Gasteiger partial charge in [-0.05, 0) is 44.4 Å². The molecular weight excluding hydrogens is 236 g/mol. The second-order valence-electron chi connectivity index (χ2n) is 6.53. The van der Waals surface area contributed by atoms with E-state index in [9.17, 15) is 0 Å². The van der Waals surface area contributed by atoms with Crippen molar-refractivity contribution in [3.8, 4) is 0 Å². The first kappa shape index (κ1) is 11.9. The fraction of sp³-hybridized carbons (Fsp3) is 0.867. The SMILES string of the molecule is C1CCn2c(nnc2C2CCC3CCCCC3N2)C1. The third-order valence-electron chi connectivity index (χ3n) is 5.35. The summed E-state index contributed by atoms with van der Waals surface area (Å²) in [4.78, 5) is 0. The maximum absolute atomic E-state index is 4.51. The van der Waals surface area contributed by atoms with E-state index in [4.69, 9.17) is 0 Å². The van der Waals surface area contributed by atoms with Crippen molar-refractivity contribution in [1.29, 1.82) is 0 Å². The molecule has 4 heteroatoms. The molecular formula is C15H24N4. The number of nitrogens with one attached hydrogen (secondary N) is 1. The monoisotopic (exact) mass is 260 g/mol. The zero-order chi connectivity index (χ0) is 12.7. The van der Waals surface area contributed by atoms with E-state index in [1.807, 2.05) is 0 Å². The minimum absolute atomic E-state index is 0.457. The van der Waals surface area contributed by atoms with Gasteiger partial charge in [-0.25, -0.2) is 0 Å². The zero-order valence-electron chi connectivity index (χ0n) is 11.6. The van der Waals surface area contributed by atoms with Crippen molar-refractivity contribution in [2.75, 3.05) is 0 Å². The van der Waals surface area contributed by atoms with Gasteiger partial charge in [0, 0.05) is 19.0 Å². The topological polar surface area (TPSA) is 42.7 Å². The van der Waals surface area contributed by atoms with Crippen LogP contribution in [0, 0.1) is 5.92 Å². The molecule has 1 saturated heterocycles. The molecule has 3 atom stereocenters. The summed E-state index contributed by atoms with van der Waals surface area (Å²) in [5.41, 5.74) is 0. The largest absolute Gasteiger partial charge is 0.314 e. The molecule has 4 rings (SSSR count). The van der Waals surface area contributed by atoms with Gasteiger partial charge in [-0.1, -0.05) is 12.8 Å². The maximum atomic E-state index is 4.51. The predicted octanol–water partition coefficient (Wildman–Crippen LogP) is 2.60. The van der Waals surface area contributed by atoms with E-state index in [2.05, 4.69) is 20.1 Å². The summed E-state index contributed by atoms with van der Waals surface area (Å²) in [5.74, 6) is 3.36. The van der Waals surface area contributed by atoms with E-state index < -0.39 is 0 Å². The predicted molar refractivity (Wildman–Crippen MR) is 73.8 cm³/mol. The van der Waals surface area contributed by atoms with Gasteiger partial charge in [0.05, 0.1) is 6.04 Å². The van der Waals surface area contributed by atoms with Gasteiger partial charge in [0.25, 0.3) is 0 Å². The standard InChI is InChI=1S/C15H24N4/c1-2-6-12-11(5-1)8-9-13(16-12)15-18-17-14-7-3-4-10-19(14)15/h11-13,16H,1-10H2. The lowest BCUT2D eigenvalue weighted by Gasteiger charge is -2.40. The highest BCUT2D eigenvalue weighted by Gasteiger charge is 2.34. The minimum Gasteiger partial charge on any atom is -0.314 e. The molecule has 3 unspecified atom stereocenters. The molecule has 3 heterocycles. The van der Waals surface area contributed by atoms with Gasteiger partial charge in [0.1, 0.15) is 11.6 Å². The van der Waals surface area contributed by atoms with E-state index >= 15 is 0 Å². The van der Waals surface area contributed by atoms with Crippen LogP contribution < -0.4 is 5.32 Å². The number of hydrogen-bond donors (Lipinski definition) is 1. The smallest absolute Gasteiger partial charge is 0.150 e. The quantitative estimate of drug-likeness (QED) is 0.844. The van der Waals surface area contributed by atoms with Crippen molar-refractivity contribution in [2.24, 2.45) is 5.92 Å². The third kappa shape index (κ3) is 2.10. The molecule has 2 aliphatic heterocycles. The van der Waals surface area contributed by atoms with Gasteiger partial charge in [0.15, 0.2) is 0 Å². The van der Waals surface area contributed by atoms with Gasteiger partial charge >= 0.3 is 0 Å². The number of hydrogen-bond acceptors (Lipinski definition) is 3. The summed E-state index contributed by atoms with van der Waals surface area (Å²) in [7, 11) is 0. The molecule has 0 amide bonds. The van der Waals surface area contributed by atoms with Crippen molar-refractivity contribution in [3.05, 3.63) is 11.6 Å². The second kappa shape index (κ2) is 4.89. The Hall–Kier alpha value is -0.900. The summed E-state index contributed by atoms with van der Waals surface area (Å²) < 4.78 is 2.39. The summed E-state index contributed by atoms with van der Waals surface area (Å²) in [6.07, 6.45) is 11.9. The Bertz CT molecular complexity index is 453. The lowest BCUT2D eigenvalue weighted by Crippen LogP contribution is -2.45. The fourth-order valence-corrected chi connectivity index (χ4v) is 4.29.